The van der Waals surface area contributed by atoms with Gasteiger partial charge in [0, 0.05) is 18.8 Å². The van der Waals surface area contributed by atoms with Crippen LogP contribution in [-0.2, 0) is 6.54 Å². The van der Waals surface area contributed by atoms with E-state index in [1.807, 2.05) is 0 Å². The van der Waals surface area contributed by atoms with Crippen molar-refractivity contribution in [1.29, 1.82) is 0 Å². The lowest BCUT2D eigenvalue weighted by Crippen LogP contribution is -2.32. The molecule has 0 atom stereocenters. The van der Waals surface area contributed by atoms with E-state index in [0.29, 0.717) is 0 Å². The number of anilines is 1. The molecule has 0 aliphatic carbocycles. The predicted octanol–water partition coefficient (Wildman–Crippen LogP) is 4.38. The Kier molecular flexibility index (Phi) is 5.90. The monoisotopic (exact) mass is 274 g/mol. The topological polar surface area (TPSA) is 15.3 Å². The number of hydrogen-bond donors (Lipinski definition) is 1. The van der Waals surface area contributed by atoms with Crippen molar-refractivity contribution < 1.29 is 0 Å². The second-order valence-electron chi connectivity index (χ2n) is 6.76. The maximum atomic E-state index is 3.50. The van der Waals surface area contributed by atoms with Gasteiger partial charge in [0.15, 0.2) is 0 Å². The fourth-order valence-electron chi connectivity index (χ4n) is 2.71. The molecule has 0 bridgehead atoms. The molecule has 20 heavy (non-hydrogen) atoms. The summed E-state index contributed by atoms with van der Waals surface area (Å²) in [6.07, 6.45) is 3.94. The van der Waals surface area contributed by atoms with Crippen molar-refractivity contribution in [2.24, 2.45) is 11.8 Å². The first-order valence-corrected chi connectivity index (χ1v) is 8.18. The van der Waals surface area contributed by atoms with Crippen LogP contribution in [0.2, 0.25) is 0 Å². The summed E-state index contributed by atoms with van der Waals surface area (Å²) in [6, 6.07) is 9.00. The fraction of sp³-hybridized carbons (Fsp3) is 0.667. The molecule has 1 heterocycles. The van der Waals surface area contributed by atoms with Crippen LogP contribution in [0.5, 0.6) is 0 Å². The van der Waals surface area contributed by atoms with Gasteiger partial charge < -0.3 is 5.32 Å². The average Bonchev–Trinajstić information content (AvgIpc) is 2.43. The highest BCUT2D eigenvalue weighted by Gasteiger charge is 2.15. The van der Waals surface area contributed by atoms with Gasteiger partial charge in [-0.2, -0.15) is 0 Å². The third-order valence-electron chi connectivity index (χ3n) is 4.29. The van der Waals surface area contributed by atoms with E-state index in [2.05, 4.69) is 55.3 Å². The maximum Gasteiger partial charge on any atom is 0.0340 e. The van der Waals surface area contributed by atoms with Crippen LogP contribution < -0.4 is 5.32 Å². The third kappa shape index (κ3) is 5.16. The Labute approximate surface area is 124 Å². The van der Waals surface area contributed by atoms with Crippen LogP contribution in [0.1, 0.15) is 45.6 Å². The van der Waals surface area contributed by atoms with Crippen molar-refractivity contribution >= 4 is 5.69 Å². The number of likely N-dealkylation sites (tertiary alicyclic amines) is 1. The second-order valence-corrected chi connectivity index (χ2v) is 6.76. The molecule has 1 saturated heterocycles. The Balaban J connectivity index is 1.76. The van der Waals surface area contributed by atoms with Gasteiger partial charge in [0.05, 0.1) is 0 Å². The molecule has 2 nitrogen and oxygen atoms in total. The lowest BCUT2D eigenvalue weighted by molar-refractivity contribution is 0.185. The number of hydrogen-bond acceptors (Lipinski definition) is 2. The highest BCUT2D eigenvalue weighted by Crippen LogP contribution is 2.19. The Morgan fingerprint density at radius 3 is 2.40 bits per heavy atom. The molecule has 1 N–H and O–H groups in total. The molecule has 112 valence electrons. The highest BCUT2D eigenvalue weighted by atomic mass is 15.1. The number of nitrogens with zero attached hydrogens (tertiary/aromatic N) is 1. The van der Waals surface area contributed by atoms with E-state index in [1.165, 1.54) is 43.6 Å². The minimum absolute atomic E-state index is 0.767. The summed E-state index contributed by atoms with van der Waals surface area (Å²) in [5.74, 6) is 1.68. The first-order chi connectivity index (χ1) is 9.63. The van der Waals surface area contributed by atoms with E-state index in [1.54, 1.807) is 0 Å². The third-order valence-corrected chi connectivity index (χ3v) is 4.29. The molecule has 0 saturated carbocycles. The SMILES string of the molecule is CC(C)CCNc1ccc(CN2CCC(C)CC2)cc1. The lowest BCUT2D eigenvalue weighted by atomic mass is 9.99. The van der Waals surface area contributed by atoms with E-state index < -0.39 is 0 Å². The van der Waals surface area contributed by atoms with Crippen molar-refractivity contribution in [3.63, 3.8) is 0 Å². The van der Waals surface area contributed by atoms with Crippen molar-refractivity contribution in [3.05, 3.63) is 29.8 Å². The first kappa shape index (κ1) is 15.4. The predicted molar refractivity (Wildman–Crippen MR) is 88.1 cm³/mol. The van der Waals surface area contributed by atoms with Crippen molar-refractivity contribution in [2.45, 2.75) is 46.6 Å². The van der Waals surface area contributed by atoms with E-state index in [-0.39, 0.29) is 0 Å². The first-order valence-electron chi connectivity index (χ1n) is 8.18. The van der Waals surface area contributed by atoms with E-state index in [0.717, 1.165) is 24.9 Å². The zero-order valence-corrected chi connectivity index (χ0v) is 13.4. The minimum atomic E-state index is 0.767. The molecule has 1 aromatic rings. The van der Waals surface area contributed by atoms with Gasteiger partial charge in [-0.1, -0.05) is 32.9 Å². The zero-order valence-electron chi connectivity index (χ0n) is 13.4. The Morgan fingerprint density at radius 1 is 1.15 bits per heavy atom. The highest BCUT2D eigenvalue weighted by molar-refractivity contribution is 5.44. The van der Waals surface area contributed by atoms with Crippen LogP contribution in [0.25, 0.3) is 0 Å². The molecule has 0 unspecified atom stereocenters. The maximum absolute atomic E-state index is 3.50. The Morgan fingerprint density at radius 2 is 1.80 bits per heavy atom. The minimum Gasteiger partial charge on any atom is -0.385 e. The van der Waals surface area contributed by atoms with E-state index in [4.69, 9.17) is 0 Å². The van der Waals surface area contributed by atoms with Gasteiger partial charge in [-0.25, -0.2) is 0 Å². The molecular formula is C18H30N2. The molecular weight excluding hydrogens is 244 g/mol. The molecule has 0 aromatic heterocycles. The van der Waals surface area contributed by atoms with E-state index in [9.17, 15) is 0 Å². The van der Waals surface area contributed by atoms with Gasteiger partial charge in [0.1, 0.15) is 0 Å². The van der Waals surface area contributed by atoms with E-state index >= 15 is 0 Å². The Bertz CT molecular complexity index is 375. The summed E-state index contributed by atoms with van der Waals surface area (Å²) in [6.45, 7) is 11.6. The largest absolute Gasteiger partial charge is 0.385 e. The second kappa shape index (κ2) is 7.68. The van der Waals surface area contributed by atoms with Crippen molar-refractivity contribution in [3.8, 4) is 0 Å². The quantitative estimate of drug-likeness (QED) is 0.828. The Hall–Kier alpha value is -1.02. The van der Waals surface area contributed by atoms with Crippen LogP contribution in [-0.4, -0.2) is 24.5 Å². The zero-order chi connectivity index (χ0) is 14.4. The van der Waals surface area contributed by atoms with Gasteiger partial charge in [-0.3, -0.25) is 4.90 Å². The summed E-state index contributed by atoms with van der Waals surface area (Å²) in [5, 5.41) is 3.50. The number of nitrogens with one attached hydrogen (secondary N) is 1. The normalized spacial score (nSPS) is 17.6. The summed E-state index contributed by atoms with van der Waals surface area (Å²) in [5.41, 5.74) is 2.69. The standard InChI is InChI=1S/C18H30N2/c1-15(2)8-11-19-18-6-4-17(5-7-18)14-20-12-9-16(3)10-13-20/h4-7,15-16,19H,8-14H2,1-3H3. The lowest BCUT2D eigenvalue weighted by Gasteiger charge is -2.30. The van der Waals surface area contributed by atoms with Gasteiger partial charge in [0.2, 0.25) is 0 Å². The van der Waals surface area contributed by atoms with Crippen LogP contribution in [0.3, 0.4) is 0 Å². The van der Waals surface area contributed by atoms with Gasteiger partial charge in [-0.15, -0.1) is 0 Å². The molecule has 0 amide bonds. The number of rotatable bonds is 6. The summed E-state index contributed by atoms with van der Waals surface area (Å²) in [4.78, 5) is 2.58. The van der Waals surface area contributed by atoms with Gasteiger partial charge in [-0.05, 0) is 61.9 Å². The molecule has 1 aliphatic rings. The summed E-state index contributed by atoms with van der Waals surface area (Å²) >= 11 is 0. The average molecular weight is 274 g/mol. The molecule has 2 heteroatoms. The molecule has 1 aromatic carbocycles. The van der Waals surface area contributed by atoms with Crippen LogP contribution in [0.4, 0.5) is 5.69 Å². The summed E-state index contributed by atoms with van der Waals surface area (Å²) in [7, 11) is 0. The molecule has 1 aliphatic heterocycles. The van der Waals surface area contributed by atoms with Crippen LogP contribution >= 0.6 is 0 Å². The molecule has 0 spiro atoms. The molecule has 2 rings (SSSR count). The van der Waals surface area contributed by atoms with Crippen LogP contribution in [0, 0.1) is 11.8 Å². The van der Waals surface area contributed by atoms with Gasteiger partial charge in [0.25, 0.3) is 0 Å². The fourth-order valence-corrected chi connectivity index (χ4v) is 2.71. The van der Waals surface area contributed by atoms with Gasteiger partial charge >= 0.3 is 0 Å². The number of benzene rings is 1. The number of piperidine rings is 1. The van der Waals surface area contributed by atoms with Crippen LogP contribution in [0.15, 0.2) is 24.3 Å². The summed E-state index contributed by atoms with van der Waals surface area (Å²) < 4.78 is 0. The smallest absolute Gasteiger partial charge is 0.0340 e. The molecule has 1 fully saturated rings. The van der Waals surface area contributed by atoms with Crippen molar-refractivity contribution in [2.75, 3.05) is 25.0 Å². The molecule has 0 radical (unpaired) electrons. The van der Waals surface area contributed by atoms with Crippen molar-refractivity contribution in [1.82, 2.24) is 4.90 Å².